The lowest BCUT2D eigenvalue weighted by atomic mass is 10.0. The minimum Gasteiger partial charge on any atom is -0.487 e. The first-order valence-electron chi connectivity index (χ1n) is 6.79. The van der Waals surface area contributed by atoms with Crippen LogP contribution in [0, 0.1) is 0 Å². The first-order chi connectivity index (χ1) is 9.81. The van der Waals surface area contributed by atoms with E-state index in [1.807, 2.05) is 25.4 Å². The molecular weight excluding hydrogens is 252 g/mol. The van der Waals surface area contributed by atoms with E-state index in [0.29, 0.717) is 6.61 Å². The van der Waals surface area contributed by atoms with E-state index in [9.17, 15) is 0 Å². The molecule has 1 aliphatic rings. The first kappa shape index (κ1) is 12.9. The Balaban J connectivity index is 1.62. The topological polar surface area (TPSA) is 52.0 Å². The van der Waals surface area contributed by atoms with Gasteiger partial charge in [0.05, 0.1) is 6.20 Å². The van der Waals surface area contributed by atoms with Crippen molar-refractivity contribution in [2.24, 2.45) is 7.05 Å². The summed E-state index contributed by atoms with van der Waals surface area (Å²) < 4.78 is 7.37. The Labute approximate surface area is 118 Å². The lowest BCUT2D eigenvalue weighted by molar-refractivity contribution is 0.301. The standard InChI is InChI=1S/C15H18N4O/c1-19-10-14(17-18-19)11-20-15-4-2-12(3-5-15)13-6-8-16-9-7-13/h2-6,10,16H,7-9,11H2,1H3. The summed E-state index contributed by atoms with van der Waals surface area (Å²) in [5.41, 5.74) is 3.51. The summed E-state index contributed by atoms with van der Waals surface area (Å²) in [6.07, 6.45) is 5.19. The van der Waals surface area contributed by atoms with Gasteiger partial charge in [0.15, 0.2) is 0 Å². The van der Waals surface area contributed by atoms with Crippen molar-refractivity contribution in [3.63, 3.8) is 0 Å². The van der Waals surface area contributed by atoms with Gasteiger partial charge < -0.3 is 10.1 Å². The van der Waals surface area contributed by atoms with E-state index in [1.165, 1.54) is 11.1 Å². The molecule has 0 aliphatic carbocycles. The predicted molar refractivity (Wildman–Crippen MR) is 77.2 cm³/mol. The molecule has 1 aliphatic heterocycles. The van der Waals surface area contributed by atoms with Crippen molar-refractivity contribution in [2.45, 2.75) is 13.0 Å². The van der Waals surface area contributed by atoms with Crippen LogP contribution < -0.4 is 10.1 Å². The van der Waals surface area contributed by atoms with Crippen molar-refractivity contribution in [1.82, 2.24) is 20.3 Å². The van der Waals surface area contributed by atoms with Gasteiger partial charge >= 0.3 is 0 Å². The van der Waals surface area contributed by atoms with Crippen molar-refractivity contribution >= 4 is 5.57 Å². The molecule has 20 heavy (non-hydrogen) atoms. The number of hydrogen-bond donors (Lipinski definition) is 1. The third-order valence-electron chi connectivity index (χ3n) is 3.33. The summed E-state index contributed by atoms with van der Waals surface area (Å²) in [6.45, 7) is 2.46. The molecule has 0 atom stereocenters. The summed E-state index contributed by atoms with van der Waals surface area (Å²) in [7, 11) is 1.85. The molecule has 1 N–H and O–H groups in total. The van der Waals surface area contributed by atoms with Gasteiger partial charge in [-0.3, -0.25) is 4.68 Å². The van der Waals surface area contributed by atoms with Crippen LogP contribution in [0.25, 0.3) is 5.57 Å². The van der Waals surface area contributed by atoms with Gasteiger partial charge in [-0.1, -0.05) is 23.4 Å². The van der Waals surface area contributed by atoms with E-state index in [-0.39, 0.29) is 0 Å². The Bertz CT molecular complexity index is 601. The van der Waals surface area contributed by atoms with Gasteiger partial charge in [-0.25, -0.2) is 0 Å². The Hall–Kier alpha value is -2.14. The third-order valence-corrected chi connectivity index (χ3v) is 3.33. The average molecular weight is 270 g/mol. The van der Waals surface area contributed by atoms with Crippen molar-refractivity contribution in [2.75, 3.05) is 13.1 Å². The fourth-order valence-electron chi connectivity index (χ4n) is 2.27. The van der Waals surface area contributed by atoms with Crippen molar-refractivity contribution in [1.29, 1.82) is 0 Å². The van der Waals surface area contributed by atoms with Crippen molar-refractivity contribution in [3.8, 4) is 5.75 Å². The molecular formula is C15H18N4O. The molecule has 1 aromatic carbocycles. The molecule has 0 amide bonds. The van der Waals surface area contributed by atoms with Crippen LogP contribution in [0.1, 0.15) is 17.7 Å². The minimum absolute atomic E-state index is 0.444. The molecule has 0 unspecified atom stereocenters. The van der Waals surface area contributed by atoms with E-state index >= 15 is 0 Å². The van der Waals surface area contributed by atoms with E-state index < -0.39 is 0 Å². The summed E-state index contributed by atoms with van der Waals surface area (Å²) >= 11 is 0. The molecule has 0 spiro atoms. The Morgan fingerprint density at radius 2 is 2.15 bits per heavy atom. The van der Waals surface area contributed by atoms with Crippen molar-refractivity contribution < 1.29 is 4.74 Å². The quantitative estimate of drug-likeness (QED) is 0.920. The molecule has 0 radical (unpaired) electrons. The zero-order valence-electron chi connectivity index (χ0n) is 11.5. The molecule has 5 nitrogen and oxygen atoms in total. The van der Waals surface area contributed by atoms with E-state index in [0.717, 1.165) is 31.0 Å². The minimum atomic E-state index is 0.444. The lowest BCUT2D eigenvalue weighted by Gasteiger charge is -2.14. The number of ether oxygens (including phenoxy) is 1. The zero-order valence-corrected chi connectivity index (χ0v) is 11.5. The molecule has 0 saturated heterocycles. The maximum absolute atomic E-state index is 5.70. The van der Waals surface area contributed by atoms with E-state index in [4.69, 9.17) is 4.74 Å². The summed E-state index contributed by atoms with van der Waals surface area (Å²) in [5.74, 6) is 0.855. The Morgan fingerprint density at radius 3 is 2.80 bits per heavy atom. The van der Waals surface area contributed by atoms with Gasteiger partial charge in [0.1, 0.15) is 18.1 Å². The highest BCUT2D eigenvalue weighted by molar-refractivity contribution is 5.67. The largest absolute Gasteiger partial charge is 0.487 e. The number of aryl methyl sites for hydroxylation is 1. The normalized spacial score (nSPS) is 14.9. The number of nitrogens with one attached hydrogen (secondary N) is 1. The van der Waals surface area contributed by atoms with Gasteiger partial charge in [-0.15, -0.1) is 5.10 Å². The zero-order chi connectivity index (χ0) is 13.8. The molecule has 0 bridgehead atoms. The highest BCUT2D eigenvalue weighted by atomic mass is 16.5. The van der Waals surface area contributed by atoms with Gasteiger partial charge in [-0.2, -0.15) is 0 Å². The first-order valence-corrected chi connectivity index (χ1v) is 6.79. The molecule has 5 heteroatoms. The second-order valence-corrected chi connectivity index (χ2v) is 4.88. The second-order valence-electron chi connectivity index (χ2n) is 4.88. The molecule has 104 valence electrons. The Kier molecular flexibility index (Phi) is 3.78. The molecule has 0 fully saturated rings. The van der Waals surface area contributed by atoms with Crippen molar-refractivity contribution in [3.05, 3.63) is 47.8 Å². The second kappa shape index (κ2) is 5.88. The maximum atomic E-state index is 5.70. The fourth-order valence-corrected chi connectivity index (χ4v) is 2.27. The van der Waals surface area contributed by atoms with Gasteiger partial charge in [-0.05, 0) is 36.2 Å². The highest BCUT2D eigenvalue weighted by Crippen LogP contribution is 2.22. The van der Waals surface area contributed by atoms with Gasteiger partial charge in [0.2, 0.25) is 0 Å². The third kappa shape index (κ3) is 3.05. The van der Waals surface area contributed by atoms with E-state index in [2.05, 4.69) is 33.8 Å². The number of benzene rings is 1. The van der Waals surface area contributed by atoms with Gasteiger partial charge in [0, 0.05) is 13.6 Å². The molecule has 0 saturated carbocycles. The average Bonchev–Trinajstić information content (AvgIpc) is 2.92. The fraction of sp³-hybridized carbons (Fsp3) is 0.333. The van der Waals surface area contributed by atoms with Crippen LogP contribution in [-0.2, 0) is 13.7 Å². The van der Waals surface area contributed by atoms with Gasteiger partial charge in [0.25, 0.3) is 0 Å². The molecule has 1 aromatic heterocycles. The monoisotopic (exact) mass is 270 g/mol. The smallest absolute Gasteiger partial charge is 0.134 e. The van der Waals surface area contributed by atoms with Crippen LogP contribution in [0.3, 0.4) is 0 Å². The number of hydrogen-bond acceptors (Lipinski definition) is 4. The number of nitrogens with zero attached hydrogens (tertiary/aromatic N) is 3. The summed E-state index contributed by atoms with van der Waals surface area (Å²) in [4.78, 5) is 0. The number of aromatic nitrogens is 3. The molecule has 2 heterocycles. The SMILES string of the molecule is Cn1cc(COc2ccc(C3=CCNCC3)cc2)nn1. The van der Waals surface area contributed by atoms with Crippen LogP contribution in [0.15, 0.2) is 36.5 Å². The van der Waals surface area contributed by atoms with E-state index in [1.54, 1.807) is 4.68 Å². The molecule has 3 rings (SSSR count). The Morgan fingerprint density at radius 1 is 1.30 bits per heavy atom. The van der Waals surface area contributed by atoms with Crippen LogP contribution in [-0.4, -0.2) is 28.1 Å². The number of rotatable bonds is 4. The molecule has 2 aromatic rings. The van der Waals surface area contributed by atoms with Crippen LogP contribution in [0.2, 0.25) is 0 Å². The maximum Gasteiger partial charge on any atom is 0.134 e. The summed E-state index contributed by atoms with van der Waals surface area (Å²) in [5, 5.41) is 11.2. The predicted octanol–water partition coefficient (Wildman–Crippen LogP) is 1.77. The van der Waals surface area contributed by atoms with Crippen LogP contribution >= 0.6 is 0 Å². The highest BCUT2D eigenvalue weighted by Gasteiger charge is 2.06. The summed E-state index contributed by atoms with van der Waals surface area (Å²) in [6, 6.07) is 8.25. The lowest BCUT2D eigenvalue weighted by Crippen LogP contribution is -2.19. The van der Waals surface area contributed by atoms with Crippen LogP contribution in [0.4, 0.5) is 0 Å². The van der Waals surface area contributed by atoms with Crippen LogP contribution in [0.5, 0.6) is 5.75 Å².